The summed E-state index contributed by atoms with van der Waals surface area (Å²) >= 11 is 0. The molecule has 1 unspecified atom stereocenters. The number of amides is 2. The van der Waals surface area contributed by atoms with Gasteiger partial charge in [0.2, 0.25) is 5.91 Å². The highest BCUT2D eigenvalue weighted by Gasteiger charge is 2.16. The van der Waals surface area contributed by atoms with E-state index >= 15 is 0 Å². The molecule has 3 N–H and O–H groups in total. The van der Waals surface area contributed by atoms with E-state index in [2.05, 4.69) is 10.6 Å². The summed E-state index contributed by atoms with van der Waals surface area (Å²) in [4.78, 5) is 23.2. The van der Waals surface area contributed by atoms with E-state index in [1.54, 1.807) is 12.1 Å². The molecular weight excluding hydrogens is 311 g/mol. The second-order valence-corrected chi connectivity index (χ2v) is 5.46. The van der Waals surface area contributed by atoms with Crippen LogP contribution in [-0.2, 0) is 4.79 Å². The van der Waals surface area contributed by atoms with Crippen LogP contribution in [0, 0.1) is 12.7 Å². The van der Waals surface area contributed by atoms with Crippen molar-refractivity contribution in [3.8, 4) is 0 Å². The van der Waals surface area contributed by atoms with E-state index in [9.17, 15) is 19.1 Å². The molecule has 0 aliphatic rings. The Balaban J connectivity index is 2.07. The molecule has 126 valence electrons. The predicted molar refractivity (Wildman–Crippen MR) is 89.2 cm³/mol. The van der Waals surface area contributed by atoms with Gasteiger partial charge >= 0.3 is 0 Å². The van der Waals surface area contributed by atoms with E-state index in [0.29, 0.717) is 11.3 Å². The topological polar surface area (TPSA) is 78.4 Å². The second kappa shape index (κ2) is 7.70. The Bertz CT molecular complexity index is 762. The summed E-state index contributed by atoms with van der Waals surface area (Å²) in [6, 6.07) is 11.0. The molecule has 0 aliphatic carbocycles. The van der Waals surface area contributed by atoms with Gasteiger partial charge < -0.3 is 15.7 Å². The monoisotopic (exact) mass is 330 g/mol. The third-order valence-electron chi connectivity index (χ3n) is 3.53. The molecule has 2 aromatic carbocycles. The zero-order chi connectivity index (χ0) is 17.7. The highest BCUT2D eigenvalue weighted by Crippen LogP contribution is 2.18. The number of aryl methyl sites for hydroxylation is 1. The summed E-state index contributed by atoms with van der Waals surface area (Å²) in [7, 11) is 0. The Kier molecular flexibility index (Phi) is 5.65. The van der Waals surface area contributed by atoms with E-state index in [-0.39, 0.29) is 18.0 Å². The molecule has 2 aromatic rings. The van der Waals surface area contributed by atoms with Crippen LogP contribution in [0.3, 0.4) is 0 Å². The van der Waals surface area contributed by atoms with Crippen LogP contribution in [0.25, 0.3) is 0 Å². The molecule has 1 atom stereocenters. The molecule has 0 saturated carbocycles. The number of hydrogen-bond donors (Lipinski definition) is 3. The Hall–Kier alpha value is -2.73. The van der Waals surface area contributed by atoms with Crippen molar-refractivity contribution in [3.63, 3.8) is 0 Å². The minimum absolute atomic E-state index is 0.0481. The number of benzene rings is 2. The van der Waals surface area contributed by atoms with Crippen LogP contribution in [0.5, 0.6) is 0 Å². The smallest absolute Gasteiger partial charge is 0.254 e. The minimum atomic E-state index is -0.892. The largest absolute Gasteiger partial charge is 0.387 e. The fourth-order valence-electron chi connectivity index (χ4n) is 2.34. The lowest BCUT2D eigenvalue weighted by atomic mass is 10.0. The Morgan fingerprint density at radius 2 is 1.92 bits per heavy atom. The first-order chi connectivity index (χ1) is 11.4. The lowest BCUT2D eigenvalue weighted by Crippen LogP contribution is -2.29. The van der Waals surface area contributed by atoms with Gasteiger partial charge in [-0.1, -0.05) is 24.3 Å². The molecule has 0 heterocycles. The number of aliphatic hydroxyl groups excluding tert-OH is 1. The lowest BCUT2D eigenvalue weighted by molar-refractivity contribution is -0.114. The fourth-order valence-corrected chi connectivity index (χ4v) is 2.34. The highest BCUT2D eigenvalue weighted by molar-refractivity contribution is 5.97. The van der Waals surface area contributed by atoms with Crippen LogP contribution in [-0.4, -0.2) is 23.5 Å². The summed E-state index contributed by atoms with van der Waals surface area (Å²) in [6.45, 7) is 3.13. The maximum absolute atomic E-state index is 13.8. The van der Waals surface area contributed by atoms with Gasteiger partial charge in [0.15, 0.2) is 0 Å². The average Bonchev–Trinajstić information content (AvgIpc) is 2.54. The first kappa shape index (κ1) is 17.6. The Labute approximate surface area is 139 Å². The van der Waals surface area contributed by atoms with Gasteiger partial charge in [0.1, 0.15) is 5.82 Å². The Morgan fingerprint density at radius 3 is 2.58 bits per heavy atom. The third kappa shape index (κ3) is 4.39. The van der Waals surface area contributed by atoms with Gasteiger partial charge in [-0.05, 0) is 36.2 Å². The number of aliphatic hydroxyl groups is 1. The zero-order valence-electron chi connectivity index (χ0n) is 13.5. The molecule has 2 rings (SSSR count). The number of carbonyl (C=O) groups excluding carboxylic acids is 2. The molecule has 2 amide bonds. The van der Waals surface area contributed by atoms with Crippen LogP contribution in [0.1, 0.15) is 34.5 Å². The van der Waals surface area contributed by atoms with Gasteiger partial charge in [0.05, 0.1) is 11.7 Å². The van der Waals surface area contributed by atoms with Gasteiger partial charge in [-0.15, -0.1) is 0 Å². The Morgan fingerprint density at radius 1 is 1.21 bits per heavy atom. The van der Waals surface area contributed by atoms with Gasteiger partial charge in [0.25, 0.3) is 5.91 Å². The van der Waals surface area contributed by atoms with Gasteiger partial charge in [-0.2, -0.15) is 0 Å². The summed E-state index contributed by atoms with van der Waals surface area (Å²) in [6.07, 6.45) is -0.892. The summed E-state index contributed by atoms with van der Waals surface area (Å²) < 4.78 is 13.8. The third-order valence-corrected chi connectivity index (χ3v) is 3.53. The number of carbonyl (C=O) groups is 2. The van der Waals surface area contributed by atoms with Gasteiger partial charge in [-0.25, -0.2) is 4.39 Å². The maximum Gasteiger partial charge on any atom is 0.254 e. The van der Waals surface area contributed by atoms with Crippen molar-refractivity contribution in [1.82, 2.24) is 5.32 Å². The number of hydrogen-bond acceptors (Lipinski definition) is 3. The summed E-state index contributed by atoms with van der Waals surface area (Å²) in [5.41, 5.74) is 1.73. The van der Waals surface area contributed by atoms with Crippen molar-refractivity contribution >= 4 is 17.5 Å². The molecule has 5 nitrogen and oxygen atoms in total. The van der Waals surface area contributed by atoms with Crippen molar-refractivity contribution in [2.75, 3.05) is 11.9 Å². The predicted octanol–water partition coefficient (Wildman–Crippen LogP) is 2.56. The number of anilines is 1. The van der Waals surface area contributed by atoms with E-state index in [0.717, 1.165) is 11.6 Å². The molecule has 24 heavy (non-hydrogen) atoms. The molecule has 6 heteroatoms. The van der Waals surface area contributed by atoms with Crippen LogP contribution in [0.15, 0.2) is 42.5 Å². The fraction of sp³-hybridized carbons (Fsp3) is 0.222. The molecule has 0 bridgehead atoms. The van der Waals surface area contributed by atoms with Crippen molar-refractivity contribution < 1.29 is 19.1 Å². The minimum Gasteiger partial charge on any atom is -0.387 e. The zero-order valence-corrected chi connectivity index (χ0v) is 13.5. The van der Waals surface area contributed by atoms with Crippen LogP contribution < -0.4 is 10.6 Å². The summed E-state index contributed by atoms with van der Waals surface area (Å²) in [5, 5.41) is 15.2. The van der Waals surface area contributed by atoms with E-state index in [1.165, 1.54) is 19.1 Å². The van der Waals surface area contributed by atoms with Gasteiger partial charge in [-0.3, -0.25) is 9.59 Å². The van der Waals surface area contributed by atoms with Crippen molar-refractivity contribution in [2.45, 2.75) is 20.0 Å². The molecule has 0 aromatic heterocycles. The highest BCUT2D eigenvalue weighted by atomic mass is 19.1. The van der Waals surface area contributed by atoms with Crippen molar-refractivity contribution in [2.24, 2.45) is 0 Å². The average molecular weight is 330 g/mol. The second-order valence-electron chi connectivity index (χ2n) is 5.46. The molecular formula is C18H19FN2O3. The quantitative estimate of drug-likeness (QED) is 0.788. The molecule has 0 radical (unpaired) electrons. The SMILES string of the molecule is CC(=O)Nc1ccc(F)c(C(=O)NCC(O)c2ccccc2C)c1. The molecule has 0 saturated heterocycles. The normalized spacial score (nSPS) is 11.7. The first-order valence-corrected chi connectivity index (χ1v) is 7.47. The van der Waals surface area contributed by atoms with Crippen molar-refractivity contribution in [1.29, 1.82) is 0 Å². The molecule has 0 fully saturated rings. The van der Waals surface area contributed by atoms with Crippen LogP contribution >= 0.6 is 0 Å². The van der Waals surface area contributed by atoms with E-state index in [1.807, 2.05) is 19.1 Å². The lowest BCUT2D eigenvalue weighted by Gasteiger charge is -2.15. The van der Waals surface area contributed by atoms with E-state index in [4.69, 9.17) is 0 Å². The standard InChI is InChI=1S/C18H19FN2O3/c1-11-5-3-4-6-14(11)17(23)10-20-18(24)15-9-13(21-12(2)22)7-8-16(15)19/h3-9,17,23H,10H2,1-2H3,(H,20,24)(H,21,22). The van der Waals surface area contributed by atoms with Gasteiger partial charge in [0, 0.05) is 19.2 Å². The molecule has 0 aliphatic heterocycles. The first-order valence-electron chi connectivity index (χ1n) is 7.47. The van der Waals surface area contributed by atoms with Crippen molar-refractivity contribution in [3.05, 3.63) is 65.0 Å². The van der Waals surface area contributed by atoms with E-state index < -0.39 is 17.8 Å². The number of nitrogens with one attached hydrogen (secondary N) is 2. The van der Waals surface area contributed by atoms with Crippen LogP contribution in [0.2, 0.25) is 0 Å². The molecule has 0 spiro atoms. The number of halogens is 1. The number of rotatable bonds is 5. The maximum atomic E-state index is 13.8. The van der Waals surface area contributed by atoms with Crippen LogP contribution in [0.4, 0.5) is 10.1 Å². The summed E-state index contributed by atoms with van der Waals surface area (Å²) in [5.74, 6) is -1.68.